The zero-order valence-corrected chi connectivity index (χ0v) is 12.5. The first-order valence-corrected chi connectivity index (χ1v) is 7.97. The van der Waals surface area contributed by atoms with Crippen LogP contribution in [0.3, 0.4) is 0 Å². The molecule has 4 atom stereocenters. The molecule has 2 amide bonds. The standard InChI is InChI=1S/C15H25N3O2/c1-3-10(2)18-14(19)9-12(15(18)20)16-11-6-8-17-7-4-5-13(11)17/h10-13,16H,3-9H2,1-2H3. The first-order chi connectivity index (χ1) is 9.61. The molecule has 3 rings (SSSR count). The lowest BCUT2D eigenvalue weighted by atomic mass is 10.0. The first kappa shape index (κ1) is 14.0. The van der Waals surface area contributed by atoms with E-state index in [1.54, 1.807) is 0 Å². The van der Waals surface area contributed by atoms with E-state index >= 15 is 0 Å². The second-order valence-corrected chi connectivity index (χ2v) is 6.42. The normalized spacial score (nSPS) is 35.9. The fourth-order valence-electron chi connectivity index (χ4n) is 3.96. The molecule has 0 spiro atoms. The van der Waals surface area contributed by atoms with Crippen molar-refractivity contribution in [2.45, 2.75) is 70.1 Å². The van der Waals surface area contributed by atoms with Gasteiger partial charge in [-0.1, -0.05) is 6.92 Å². The molecule has 1 N–H and O–H groups in total. The SMILES string of the molecule is CCC(C)N1C(=O)CC(NC2CCN3CCCC23)C1=O. The fraction of sp³-hybridized carbons (Fsp3) is 0.867. The maximum atomic E-state index is 12.4. The van der Waals surface area contributed by atoms with Gasteiger partial charge in [0.2, 0.25) is 11.8 Å². The third-order valence-electron chi connectivity index (χ3n) is 5.24. The molecule has 0 aromatic rings. The van der Waals surface area contributed by atoms with Crippen LogP contribution in [0.2, 0.25) is 0 Å². The molecular weight excluding hydrogens is 254 g/mol. The summed E-state index contributed by atoms with van der Waals surface area (Å²) in [4.78, 5) is 28.5. The Hall–Kier alpha value is -0.940. The zero-order valence-electron chi connectivity index (χ0n) is 12.5. The lowest BCUT2D eigenvalue weighted by Crippen LogP contribution is -2.49. The molecule has 3 fully saturated rings. The van der Waals surface area contributed by atoms with Gasteiger partial charge in [0.1, 0.15) is 0 Å². The van der Waals surface area contributed by atoms with Gasteiger partial charge < -0.3 is 5.32 Å². The molecule has 3 aliphatic rings. The summed E-state index contributed by atoms with van der Waals surface area (Å²) < 4.78 is 0. The third-order valence-corrected chi connectivity index (χ3v) is 5.24. The summed E-state index contributed by atoms with van der Waals surface area (Å²) in [7, 11) is 0. The Morgan fingerprint density at radius 2 is 2.10 bits per heavy atom. The molecule has 0 aromatic heterocycles. The number of nitrogens with zero attached hydrogens (tertiary/aromatic N) is 2. The minimum atomic E-state index is -0.290. The van der Waals surface area contributed by atoms with Gasteiger partial charge in [-0.3, -0.25) is 19.4 Å². The lowest BCUT2D eigenvalue weighted by molar-refractivity contribution is -0.141. The smallest absolute Gasteiger partial charge is 0.247 e. The molecule has 0 radical (unpaired) electrons. The summed E-state index contributed by atoms with van der Waals surface area (Å²) in [6, 6.07) is 0.696. The largest absolute Gasteiger partial charge is 0.301 e. The average molecular weight is 279 g/mol. The Morgan fingerprint density at radius 1 is 1.30 bits per heavy atom. The summed E-state index contributed by atoms with van der Waals surface area (Å²) in [5, 5.41) is 3.48. The predicted molar refractivity (Wildman–Crippen MR) is 76.1 cm³/mol. The molecule has 5 nitrogen and oxygen atoms in total. The number of carbonyl (C=O) groups is 2. The van der Waals surface area contributed by atoms with Crippen LogP contribution in [0.4, 0.5) is 0 Å². The van der Waals surface area contributed by atoms with Crippen LogP contribution in [0, 0.1) is 0 Å². The predicted octanol–water partition coefficient (Wildman–Crippen LogP) is 0.739. The van der Waals surface area contributed by atoms with E-state index in [0.29, 0.717) is 18.5 Å². The van der Waals surface area contributed by atoms with Crippen LogP contribution in [0.5, 0.6) is 0 Å². The van der Waals surface area contributed by atoms with Crippen molar-refractivity contribution in [2.24, 2.45) is 0 Å². The molecule has 0 aliphatic carbocycles. The van der Waals surface area contributed by atoms with E-state index in [2.05, 4.69) is 10.2 Å². The second kappa shape index (κ2) is 5.45. The minimum Gasteiger partial charge on any atom is -0.301 e. The Morgan fingerprint density at radius 3 is 2.85 bits per heavy atom. The molecule has 112 valence electrons. The maximum absolute atomic E-state index is 12.4. The maximum Gasteiger partial charge on any atom is 0.247 e. The van der Waals surface area contributed by atoms with Gasteiger partial charge in [-0.25, -0.2) is 0 Å². The molecule has 3 heterocycles. The molecule has 0 aromatic carbocycles. The van der Waals surface area contributed by atoms with Crippen LogP contribution in [0.15, 0.2) is 0 Å². The highest BCUT2D eigenvalue weighted by molar-refractivity contribution is 6.05. The van der Waals surface area contributed by atoms with E-state index in [4.69, 9.17) is 0 Å². The summed E-state index contributed by atoms with van der Waals surface area (Å²) >= 11 is 0. The van der Waals surface area contributed by atoms with Crippen LogP contribution in [-0.2, 0) is 9.59 Å². The van der Waals surface area contributed by atoms with Gasteiger partial charge in [0, 0.05) is 24.7 Å². The van der Waals surface area contributed by atoms with Gasteiger partial charge in [0.05, 0.1) is 12.5 Å². The quantitative estimate of drug-likeness (QED) is 0.771. The number of fused-ring (bicyclic) bond motifs is 1. The topological polar surface area (TPSA) is 52.7 Å². The fourth-order valence-corrected chi connectivity index (χ4v) is 3.96. The van der Waals surface area contributed by atoms with Crippen LogP contribution in [-0.4, -0.2) is 58.9 Å². The number of likely N-dealkylation sites (tertiary alicyclic amines) is 1. The van der Waals surface area contributed by atoms with Crippen molar-refractivity contribution in [1.82, 2.24) is 15.1 Å². The number of carbonyl (C=O) groups excluding carboxylic acids is 2. The van der Waals surface area contributed by atoms with Crippen molar-refractivity contribution in [1.29, 1.82) is 0 Å². The molecule has 0 bridgehead atoms. The van der Waals surface area contributed by atoms with Crippen molar-refractivity contribution >= 4 is 11.8 Å². The highest BCUT2D eigenvalue weighted by atomic mass is 16.2. The van der Waals surface area contributed by atoms with E-state index < -0.39 is 0 Å². The first-order valence-electron chi connectivity index (χ1n) is 7.97. The average Bonchev–Trinajstić information content (AvgIpc) is 3.08. The lowest BCUT2D eigenvalue weighted by Gasteiger charge is -2.25. The highest BCUT2D eigenvalue weighted by Crippen LogP contribution is 2.29. The van der Waals surface area contributed by atoms with Crippen molar-refractivity contribution in [3.8, 4) is 0 Å². The van der Waals surface area contributed by atoms with Crippen LogP contribution >= 0.6 is 0 Å². The zero-order chi connectivity index (χ0) is 14.3. The molecule has 20 heavy (non-hydrogen) atoms. The van der Waals surface area contributed by atoms with E-state index in [1.807, 2.05) is 13.8 Å². The van der Waals surface area contributed by atoms with Gasteiger partial charge in [0.25, 0.3) is 0 Å². The number of hydrogen-bond acceptors (Lipinski definition) is 4. The van der Waals surface area contributed by atoms with Crippen molar-refractivity contribution in [2.75, 3.05) is 13.1 Å². The molecule has 3 aliphatic heterocycles. The summed E-state index contributed by atoms with van der Waals surface area (Å²) in [6.45, 7) is 6.29. The minimum absolute atomic E-state index is 0.0110. The summed E-state index contributed by atoms with van der Waals surface area (Å²) in [6.07, 6.45) is 4.75. The molecule has 3 saturated heterocycles. The van der Waals surface area contributed by atoms with Crippen LogP contribution in [0.25, 0.3) is 0 Å². The highest BCUT2D eigenvalue weighted by Gasteiger charge is 2.44. The number of hydrogen-bond donors (Lipinski definition) is 1. The Bertz CT molecular complexity index is 412. The van der Waals surface area contributed by atoms with E-state index in [-0.39, 0.29) is 23.9 Å². The van der Waals surface area contributed by atoms with Crippen molar-refractivity contribution in [3.05, 3.63) is 0 Å². The van der Waals surface area contributed by atoms with E-state index in [9.17, 15) is 9.59 Å². The Balaban J connectivity index is 1.64. The number of imide groups is 1. The molecular formula is C15H25N3O2. The second-order valence-electron chi connectivity index (χ2n) is 6.42. The van der Waals surface area contributed by atoms with Crippen molar-refractivity contribution < 1.29 is 9.59 Å². The molecule has 4 unspecified atom stereocenters. The third kappa shape index (κ3) is 2.27. The number of rotatable bonds is 4. The summed E-state index contributed by atoms with van der Waals surface area (Å²) in [5.41, 5.74) is 0. The van der Waals surface area contributed by atoms with Crippen LogP contribution in [0.1, 0.15) is 46.0 Å². The Kier molecular flexibility index (Phi) is 3.82. The number of amides is 2. The molecule has 5 heteroatoms. The molecule has 0 saturated carbocycles. The monoisotopic (exact) mass is 279 g/mol. The van der Waals surface area contributed by atoms with Gasteiger partial charge in [-0.15, -0.1) is 0 Å². The Labute approximate surface area is 120 Å². The van der Waals surface area contributed by atoms with Gasteiger partial charge >= 0.3 is 0 Å². The van der Waals surface area contributed by atoms with Gasteiger partial charge in [-0.2, -0.15) is 0 Å². The summed E-state index contributed by atoms with van der Waals surface area (Å²) in [5.74, 6) is -0.0241. The van der Waals surface area contributed by atoms with Crippen molar-refractivity contribution in [3.63, 3.8) is 0 Å². The van der Waals surface area contributed by atoms with Gasteiger partial charge in [0.15, 0.2) is 0 Å². The van der Waals surface area contributed by atoms with Gasteiger partial charge in [-0.05, 0) is 39.2 Å². The number of nitrogens with one attached hydrogen (secondary N) is 1. The van der Waals surface area contributed by atoms with Crippen LogP contribution < -0.4 is 5.32 Å². The van der Waals surface area contributed by atoms with E-state index in [1.165, 1.54) is 24.3 Å². The van der Waals surface area contributed by atoms with E-state index in [0.717, 1.165) is 19.4 Å².